The number of sulfonamides is 1. The summed E-state index contributed by atoms with van der Waals surface area (Å²) >= 11 is 0. The number of hydrogen-bond acceptors (Lipinski definition) is 3. The fraction of sp³-hybridized carbons (Fsp3) is 0.538. The fourth-order valence-electron chi connectivity index (χ4n) is 2.29. The Morgan fingerprint density at radius 1 is 1.37 bits per heavy atom. The van der Waals surface area contributed by atoms with E-state index in [0.717, 1.165) is 0 Å². The van der Waals surface area contributed by atoms with Crippen LogP contribution in [0.3, 0.4) is 0 Å². The summed E-state index contributed by atoms with van der Waals surface area (Å²) < 4.78 is 39.8. The molecule has 1 aliphatic heterocycles. The smallest absolute Gasteiger partial charge is 0.245 e. The van der Waals surface area contributed by atoms with Gasteiger partial charge in [0, 0.05) is 19.7 Å². The molecule has 19 heavy (non-hydrogen) atoms. The molecule has 1 aliphatic rings. The van der Waals surface area contributed by atoms with Crippen LogP contribution in [0.5, 0.6) is 0 Å². The number of aryl methyl sites for hydroxylation is 1. The third kappa shape index (κ3) is 2.96. The standard InChI is InChI=1S/C13H18FNO3S/c1-10-2-3-13(12(14)8-10)19(17,18)15-6-4-11(9-16)5-7-15/h2-3,8,11,16H,4-7,9H2,1H3. The highest BCUT2D eigenvalue weighted by Gasteiger charge is 2.30. The van der Waals surface area contributed by atoms with Crippen molar-refractivity contribution in [1.29, 1.82) is 0 Å². The second kappa shape index (κ2) is 5.56. The second-order valence-corrected chi connectivity index (χ2v) is 6.87. The van der Waals surface area contributed by atoms with E-state index in [0.29, 0.717) is 31.5 Å². The van der Waals surface area contributed by atoms with Gasteiger partial charge in [-0.1, -0.05) is 6.07 Å². The maximum atomic E-state index is 13.8. The van der Waals surface area contributed by atoms with Crippen LogP contribution < -0.4 is 0 Å². The summed E-state index contributed by atoms with van der Waals surface area (Å²) in [5, 5.41) is 9.04. The number of benzene rings is 1. The number of nitrogens with zero attached hydrogens (tertiary/aromatic N) is 1. The highest BCUT2D eigenvalue weighted by molar-refractivity contribution is 7.89. The van der Waals surface area contributed by atoms with E-state index < -0.39 is 15.8 Å². The zero-order chi connectivity index (χ0) is 14.0. The van der Waals surface area contributed by atoms with Crippen LogP contribution in [0.25, 0.3) is 0 Å². The molecule has 0 spiro atoms. The molecular formula is C13H18FNO3S. The van der Waals surface area contributed by atoms with Gasteiger partial charge in [-0.15, -0.1) is 0 Å². The molecule has 6 heteroatoms. The summed E-state index contributed by atoms with van der Waals surface area (Å²) in [7, 11) is -3.76. The van der Waals surface area contributed by atoms with Crippen molar-refractivity contribution in [2.45, 2.75) is 24.7 Å². The first-order chi connectivity index (χ1) is 8.95. The molecule has 2 rings (SSSR count). The van der Waals surface area contributed by atoms with Crippen LogP contribution in [-0.2, 0) is 10.0 Å². The summed E-state index contributed by atoms with van der Waals surface area (Å²) in [5.74, 6) is -0.557. The van der Waals surface area contributed by atoms with E-state index in [-0.39, 0.29) is 17.4 Å². The van der Waals surface area contributed by atoms with Crippen LogP contribution >= 0.6 is 0 Å². The SMILES string of the molecule is Cc1ccc(S(=O)(=O)N2CCC(CO)CC2)c(F)c1. The summed E-state index contributed by atoms with van der Waals surface area (Å²) in [6.45, 7) is 2.46. The maximum Gasteiger partial charge on any atom is 0.245 e. The molecule has 4 nitrogen and oxygen atoms in total. The van der Waals surface area contributed by atoms with Crippen LogP contribution in [0.4, 0.5) is 4.39 Å². The average Bonchev–Trinajstić information content (AvgIpc) is 2.38. The lowest BCUT2D eigenvalue weighted by molar-refractivity contribution is 0.170. The molecule has 0 bridgehead atoms. The van der Waals surface area contributed by atoms with Gasteiger partial charge in [0.05, 0.1) is 0 Å². The van der Waals surface area contributed by atoms with E-state index in [4.69, 9.17) is 5.11 Å². The topological polar surface area (TPSA) is 57.6 Å². The Hall–Kier alpha value is -0.980. The minimum absolute atomic E-state index is 0.0762. The number of rotatable bonds is 3. The average molecular weight is 287 g/mol. The van der Waals surface area contributed by atoms with Gasteiger partial charge in [0.2, 0.25) is 10.0 Å². The van der Waals surface area contributed by atoms with Gasteiger partial charge in [0.25, 0.3) is 0 Å². The van der Waals surface area contributed by atoms with Gasteiger partial charge in [-0.05, 0) is 43.4 Å². The predicted octanol–water partition coefficient (Wildman–Crippen LogP) is 1.53. The van der Waals surface area contributed by atoms with Gasteiger partial charge in [0.15, 0.2) is 0 Å². The molecular weight excluding hydrogens is 269 g/mol. The Bertz CT molecular complexity index is 551. The summed E-state index contributed by atoms with van der Waals surface area (Å²) in [6, 6.07) is 4.14. The lowest BCUT2D eigenvalue weighted by Crippen LogP contribution is -2.39. The second-order valence-electron chi connectivity index (χ2n) is 4.96. The minimum atomic E-state index is -3.76. The van der Waals surface area contributed by atoms with Crippen molar-refractivity contribution in [1.82, 2.24) is 4.31 Å². The molecule has 0 radical (unpaired) electrons. The highest BCUT2D eigenvalue weighted by Crippen LogP contribution is 2.25. The fourth-order valence-corrected chi connectivity index (χ4v) is 3.80. The maximum absolute atomic E-state index is 13.8. The largest absolute Gasteiger partial charge is 0.396 e. The lowest BCUT2D eigenvalue weighted by Gasteiger charge is -2.30. The summed E-state index contributed by atoms with van der Waals surface area (Å²) in [6.07, 6.45) is 1.23. The first-order valence-corrected chi connectivity index (χ1v) is 7.76. The van der Waals surface area contributed by atoms with Crippen molar-refractivity contribution >= 4 is 10.0 Å². The zero-order valence-electron chi connectivity index (χ0n) is 10.8. The number of aliphatic hydroxyl groups is 1. The van der Waals surface area contributed by atoms with Crippen LogP contribution in [0.2, 0.25) is 0 Å². The zero-order valence-corrected chi connectivity index (χ0v) is 11.7. The van der Waals surface area contributed by atoms with Crippen molar-refractivity contribution in [2.24, 2.45) is 5.92 Å². The van der Waals surface area contributed by atoms with Gasteiger partial charge < -0.3 is 5.11 Å². The van der Waals surface area contributed by atoms with E-state index in [9.17, 15) is 12.8 Å². The van der Waals surface area contributed by atoms with Gasteiger partial charge in [-0.3, -0.25) is 0 Å². The molecule has 0 aromatic heterocycles. The van der Waals surface area contributed by atoms with Gasteiger partial charge in [-0.2, -0.15) is 4.31 Å². The Kier molecular flexibility index (Phi) is 4.23. The molecule has 1 heterocycles. The van der Waals surface area contributed by atoms with Crippen molar-refractivity contribution < 1.29 is 17.9 Å². The summed E-state index contributed by atoms with van der Waals surface area (Å²) in [5.41, 5.74) is 0.690. The normalized spacial score (nSPS) is 18.7. The number of halogens is 1. The van der Waals surface area contributed by atoms with E-state index >= 15 is 0 Å². The van der Waals surface area contributed by atoms with Crippen LogP contribution in [0.1, 0.15) is 18.4 Å². The molecule has 0 aliphatic carbocycles. The van der Waals surface area contributed by atoms with Crippen molar-refractivity contribution in [2.75, 3.05) is 19.7 Å². The monoisotopic (exact) mass is 287 g/mol. The molecule has 0 saturated carbocycles. The van der Waals surface area contributed by atoms with Gasteiger partial charge >= 0.3 is 0 Å². The molecule has 1 saturated heterocycles. The number of aliphatic hydroxyl groups excluding tert-OH is 1. The molecule has 0 atom stereocenters. The van der Waals surface area contributed by atoms with Crippen LogP contribution in [-0.4, -0.2) is 37.5 Å². The third-order valence-corrected chi connectivity index (χ3v) is 5.47. The predicted molar refractivity (Wildman–Crippen MR) is 69.7 cm³/mol. The van der Waals surface area contributed by atoms with E-state index in [1.165, 1.54) is 16.4 Å². The minimum Gasteiger partial charge on any atom is -0.396 e. The van der Waals surface area contributed by atoms with E-state index in [1.54, 1.807) is 13.0 Å². The Morgan fingerprint density at radius 3 is 2.53 bits per heavy atom. The molecule has 0 amide bonds. The van der Waals surface area contributed by atoms with E-state index in [1.807, 2.05) is 0 Å². The van der Waals surface area contributed by atoms with Crippen molar-refractivity contribution in [3.8, 4) is 0 Å². The lowest BCUT2D eigenvalue weighted by atomic mass is 10.00. The third-order valence-electron chi connectivity index (χ3n) is 3.54. The molecule has 1 fully saturated rings. The quantitative estimate of drug-likeness (QED) is 0.917. The Morgan fingerprint density at radius 2 is 2.00 bits per heavy atom. The highest BCUT2D eigenvalue weighted by atomic mass is 32.2. The molecule has 106 valence electrons. The van der Waals surface area contributed by atoms with Gasteiger partial charge in [-0.25, -0.2) is 12.8 Å². The van der Waals surface area contributed by atoms with Crippen LogP contribution in [0, 0.1) is 18.7 Å². The number of piperidine rings is 1. The van der Waals surface area contributed by atoms with Crippen LogP contribution in [0.15, 0.2) is 23.1 Å². The molecule has 1 N–H and O–H groups in total. The molecule has 1 aromatic rings. The first-order valence-electron chi connectivity index (χ1n) is 6.32. The molecule has 1 aromatic carbocycles. The molecule has 0 unspecified atom stereocenters. The van der Waals surface area contributed by atoms with Gasteiger partial charge in [0.1, 0.15) is 10.7 Å². The summed E-state index contributed by atoms with van der Waals surface area (Å²) in [4.78, 5) is -0.263. The first kappa shape index (κ1) is 14.4. The van der Waals surface area contributed by atoms with Crippen molar-refractivity contribution in [3.05, 3.63) is 29.6 Å². The van der Waals surface area contributed by atoms with Crippen molar-refractivity contribution in [3.63, 3.8) is 0 Å². The number of hydrogen-bond donors (Lipinski definition) is 1. The Labute approximate surface area is 112 Å². The Balaban J connectivity index is 2.23. The van der Waals surface area contributed by atoms with E-state index in [2.05, 4.69) is 0 Å².